The molecule has 1 aliphatic heterocycles. The summed E-state index contributed by atoms with van der Waals surface area (Å²) in [6.07, 6.45) is -1.22. The maximum atomic E-state index is 12.0. The molecule has 2 atom stereocenters. The number of aliphatic hydroxyl groups excluding tert-OH is 1. The molecule has 0 aliphatic carbocycles. The molecule has 1 fully saturated rings. The quantitative estimate of drug-likeness (QED) is 0.709. The Morgan fingerprint density at radius 1 is 1.39 bits per heavy atom. The van der Waals surface area contributed by atoms with E-state index in [1.165, 1.54) is 12.0 Å². The molecule has 1 unspecified atom stereocenters. The normalized spacial score (nSPS) is 28.1. The van der Waals surface area contributed by atoms with Gasteiger partial charge in [0.15, 0.2) is 0 Å². The van der Waals surface area contributed by atoms with E-state index in [0.29, 0.717) is 0 Å². The highest BCUT2D eigenvalue weighted by atomic mass is 16.6. The lowest BCUT2D eigenvalue weighted by Crippen LogP contribution is -2.52. The van der Waals surface area contributed by atoms with E-state index in [2.05, 4.69) is 0 Å². The number of β-amino-alcohol motifs (C(OH)–C–C–N with tert-alkyl or cyclic N) is 1. The zero-order chi connectivity index (χ0) is 14.1. The van der Waals surface area contributed by atoms with Crippen LogP contribution in [0.5, 0.6) is 0 Å². The number of likely N-dealkylation sites (tertiary alicyclic amines) is 1. The number of carbonyl (C=O) groups excluding carboxylic acids is 2. The Balaban J connectivity index is 2.92. The van der Waals surface area contributed by atoms with E-state index in [-0.39, 0.29) is 13.0 Å². The molecule has 104 valence electrons. The highest BCUT2D eigenvalue weighted by molar-refractivity contribution is 5.86. The maximum absolute atomic E-state index is 12.0. The molecule has 0 aromatic rings. The molecule has 1 saturated heterocycles. The first kappa shape index (κ1) is 14.8. The van der Waals surface area contributed by atoms with Gasteiger partial charge in [0.2, 0.25) is 0 Å². The minimum absolute atomic E-state index is 0.0700. The summed E-state index contributed by atoms with van der Waals surface area (Å²) in [6, 6.07) is 0. The molecule has 0 spiro atoms. The van der Waals surface area contributed by atoms with Gasteiger partial charge in [-0.1, -0.05) is 0 Å². The number of esters is 1. The molecule has 1 heterocycles. The van der Waals surface area contributed by atoms with Crippen LogP contribution in [0, 0.1) is 0 Å². The molecule has 1 N–H and O–H groups in total. The van der Waals surface area contributed by atoms with Crippen LogP contribution in [0.1, 0.15) is 34.1 Å². The minimum Gasteiger partial charge on any atom is -0.467 e. The Hall–Kier alpha value is -1.30. The van der Waals surface area contributed by atoms with Crippen LogP contribution in [0.4, 0.5) is 4.79 Å². The van der Waals surface area contributed by atoms with Crippen molar-refractivity contribution in [1.29, 1.82) is 0 Å². The molecule has 18 heavy (non-hydrogen) atoms. The van der Waals surface area contributed by atoms with E-state index < -0.39 is 29.3 Å². The molecule has 0 radical (unpaired) electrons. The summed E-state index contributed by atoms with van der Waals surface area (Å²) in [7, 11) is 1.26. The van der Waals surface area contributed by atoms with Gasteiger partial charge in [-0.3, -0.25) is 4.90 Å². The fourth-order valence-corrected chi connectivity index (χ4v) is 2.05. The topological polar surface area (TPSA) is 76.1 Å². The fraction of sp³-hybridized carbons (Fsp3) is 0.833. The van der Waals surface area contributed by atoms with Crippen molar-refractivity contribution in [3.8, 4) is 0 Å². The SMILES string of the molecule is COC(=O)C1(C)C[C@@H](O)CN1C(=O)OC(C)(C)C. The van der Waals surface area contributed by atoms with E-state index >= 15 is 0 Å². The van der Waals surface area contributed by atoms with Gasteiger partial charge in [-0.15, -0.1) is 0 Å². The van der Waals surface area contributed by atoms with Crippen LogP contribution >= 0.6 is 0 Å². The van der Waals surface area contributed by atoms with Crippen molar-refractivity contribution in [1.82, 2.24) is 4.90 Å². The molecule has 1 amide bonds. The summed E-state index contributed by atoms with van der Waals surface area (Å²) in [6.45, 7) is 6.87. The molecule has 6 nitrogen and oxygen atoms in total. The minimum atomic E-state index is -1.17. The molecular weight excluding hydrogens is 238 g/mol. The lowest BCUT2D eigenvalue weighted by atomic mass is 9.98. The molecule has 0 bridgehead atoms. The van der Waals surface area contributed by atoms with E-state index in [1.807, 2.05) is 0 Å². The van der Waals surface area contributed by atoms with Gasteiger partial charge in [0.05, 0.1) is 19.8 Å². The standard InChI is InChI=1S/C12H21NO5/c1-11(2,3)18-10(16)13-7-8(14)6-12(13,4)9(15)17-5/h8,14H,6-7H2,1-5H3/t8-,12?/m1/s1. The average molecular weight is 259 g/mol. The van der Waals surface area contributed by atoms with Crippen LogP contribution < -0.4 is 0 Å². The van der Waals surface area contributed by atoms with Crippen molar-refractivity contribution < 1.29 is 24.2 Å². The van der Waals surface area contributed by atoms with Gasteiger partial charge in [0.1, 0.15) is 11.1 Å². The summed E-state index contributed by atoms with van der Waals surface area (Å²) < 4.78 is 9.92. The van der Waals surface area contributed by atoms with Crippen molar-refractivity contribution in [2.45, 2.75) is 51.4 Å². The summed E-state index contributed by atoms with van der Waals surface area (Å²) >= 11 is 0. The second-order valence-corrected chi connectivity index (χ2v) is 5.71. The second kappa shape index (κ2) is 4.76. The Morgan fingerprint density at radius 2 is 1.94 bits per heavy atom. The number of hydrogen-bond acceptors (Lipinski definition) is 5. The van der Waals surface area contributed by atoms with Crippen LogP contribution in [0.2, 0.25) is 0 Å². The van der Waals surface area contributed by atoms with Gasteiger partial charge in [-0.2, -0.15) is 0 Å². The molecule has 0 aromatic carbocycles. The van der Waals surface area contributed by atoms with E-state index in [4.69, 9.17) is 9.47 Å². The van der Waals surface area contributed by atoms with Gasteiger partial charge < -0.3 is 14.6 Å². The van der Waals surface area contributed by atoms with Gasteiger partial charge in [-0.05, 0) is 27.7 Å². The predicted octanol–water partition coefficient (Wildman–Crippen LogP) is 0.920. The zero-order valence-corrected chi connectivity index (χ0v) is 11.5. The Morgan fingerprint density at radius 3 is 2.39 bits per heavy atom. The number of hydrogen-bond donors (Lipinski definition) is 1. The number of amides is 1. The van der Waals surface area contributed by atoms with Crippen LogP contribution in [0.15, 0.2) is 0 Å². The first-order valence-corrected chi connectivity index (χ1v) is 5.87. The first-order valence-electron chi connectivity index (χ1n) is 5.87. The number of rotatable bonds is 1. The highest BCUT2D eigenvalue weighted by Gasteiger charge is 2.51. The van der Waals surface area contributed by atoms with Crippen LogP contribution in [-0.2, 0) is 14.3 Å². The zero-order valence-electron chi connectivity index (χ0n) is 11.5. The molecule has 0 saturated carbocycles. The summed E-state index contributed by atoms with van der Waals surface area (Å²) in [5.41, 5.74) is -1.82. The molecular formula is C12H21NO5. The summed E-state index contributed by atoms with van der Waals surface area (Å²) in [5, 5.41) is 9.67. The van der Waals surface area contributed by atoms with Crippen LogP contribution in [0.25, 0.3) is 0 Å². The van der Waals surface area contributed by atoms with Crippen molar-refractivity contribution in [2.24, 2.45) is 0 Å². The average Bonchev–Trinajstić information content (AvgIpc) is 2.51. The van der Waals surface area contributed by atoms with Crippen LogP contribution in [-0.4, -0.2) is 53.0 Å². The molecule has 6 heteroatoms. The highest BCUT2D eigenvalue weighted by Crippen LogP contribution is 2.31. The number of methoxy groups -OCH3 is 1. The lowest BCUT2D eigenvalue weighted by Gasteiger charge is -2.33. The number of carbonyl (C=O) groups is 2. The van der Waals surface area contributed by atoms with Crippen molar-refractivity contribution in [2.75, 3.05) is 13.7 Å². The van der Waals surface area contributed by atoms with Gasteiger partial charge in [-0.25, -0.2) is 9.59 Å². The van der Waals surface area contributed by atoms with E-state index in [1.54, 1.807) is 27.7 Å². The van der Waals surface area contributed by atoms with Crippen molar-refractivity contribution >= 4 is 12.1 Å². The molecule has 1 aliphatic rings. The Bertz CT molecular complexity index is 349. The molecule has 1 rings (SSSR count). The monoisotopic (exact) mass is 259 g/mol. The van der Waals surface area contributed by atoms with Crippen molar-refractivity contribution in [3.63, 3.8) is 0 Å². The Kier molecular flexibility index (Phi) is 3.90. The van der Waals surface area contributed by atoms with Gasteiger partial charge in [0.25, 0.3) is 0 Å². The smallest absolute Gasteiger partial charge is 0.411 e. The summed E-state index contributed by atoms with van der Waals surface area (Å²) in [5.74, 6) is -0.551. The number of nitrogens with zero attached hydrogens (tertiary/aromatic N) is 1. The van der Waals surface area contributed by atoms with Crippen molar-refractivity contribution in [3.05, 3.63) is 0 Å². The third-order valence-electron chi connectivity index (χ3n) is 2.86. The number of ether oxygens (including phenoxy) is 2. The predicted molar refractivity (Wildman–Crippen MR) is 64.0 cm³/mol. The number of aliphatic hydroxyl groups is 1. The first-order chi connectivity index (χ1) is 8.10. The third-order valence-corrected chi connectivity index (χ3v) is 2.86. The van der Waals surface area contributed by atoms with Gasteiger partial charge >= 0.3 is 12.1 Å². The fourth-order valence-electron chi connectivity index (χ4n) is 2.05. The van der Waals surface area contributed by atoms with E-state index in [0.717, 1.165) is 0 Å². The van der Waals surface area contributed by atoms with Gasteiger partial charge in [0, 0.05) is 6.42 Å². The second-order valence-electron chi connectivity index (χ2n) is 5.71. The van der Waals surface area contributed by atoms with E-state index in [9.17, 15) is 14.7 Å². The maximum Gasteiger partial charge on any atom is 0.411 e. The van der Waals surface area contributed by atoms with Crippen LogP contribution in [0.3, 0.4) is 0 Å². The Labute approximate surface area is 107 Å². The molecule has 0 aromatic heterocycles. The summed E-state index contributed by atoms with van der Waals surface area (Å²) in [4.78, 5) is 25.0. The third kappa shape index (κ3) is 2.93. The largest absolute Gasteiger partial charge is 0.467 e. The lowest BCUT2D eigenvalue weighted by molar-refractivity contribution is -0.152.